The fraction of sp³-hybridized carbons (Fsp3) is 0.294. The SMILES string of the molecule is Cc1cccc(C)c1Cc1c(C)cccc1C. The molecule has 0 aromatic heterocycles. The first-order valence-electron chi connectivity index (χ1n) is 6.20. The van der Waals surface area contributed by atoms with Crippen LogP contribution in [0.2, 0.25) is 0 Å². The van der Waals surface area contributed by atoms with Gasteiger partial charge in [0.25, 0.3) is 0 Å². The van der Waals surface area contributed by atoms with Crippen molar-refractivity contribution < 1.29 is 0 Å². The largest absolute Gasteiger partial charge is 0.0617 e. The van der Waals surface area contributed by atoms with Gasteiger partial charge in [0.1, 0.15) is 0 Å². The van der Waals surface area contributed by atoms with Crippen molar-refractivity contribution in [3.05, 3.63) is 69.8 Å². The van der Waals surface area contributed by atoms with Gasteiger partial charge in [0.15, 0.2) is 0 Å². The van der Waals surface area contributed by atoms with Crippen LogP contribution >= 0.6 is 0 Å². The van der Waals surface area contributed by atoms with E-state index in [1.54, 1.807) is 0 Å². The smallest absolute Gasteiger partial charge is 0.00153 e. The molecule has 0 spiro atoms. The predicted octanol–water partition coefficient (Wildman–Crippen LogP) is 4.51. The van der Waals surface area contributed by atoms with Gasteiger partial charge in [0, 0.05) is 0 Å². The first-order valence-corrected chi connectivity index (χ1v) is 6.20. The molecule has 0 heterocycles. The Hall–Kier alpha value is -1.56. The van der Waals surface area contributed by atoms with E-state index < -0.39 is 0 Å². The average molecular weight is 224 g/mol. The predicted molar refractivity (Wildman–Crippen MR) is 74.6 cm³/mol. The van der Waals surface area contributed by atoms with Gasteiger partial charge in [-0.2, -0.15) is 0 Å². The molecule has 2 aromatic rings. The maximum atomic E-state index is 2.20. The van der Waals surface area contributed by atoms with Gasteiger partial charge in [0.2, 0.25) is 0 Å². The molecule has 0 aliphatic heterocycles. The summed E-state index contributed by atoms with van der Waals surface area (Å²) >= 11 is 0. The van der Waals surface area contributed by atoms with Crippen LogP contribution < -0.4 is 0 Å². The summed E-state index contributed by atoms with van der Waals surface area (Å²) in [5.74, 6) is 0. The minimum Gasteiger partial charge on any atom is -0.0617 e. The van der Waals surface area contributed by atoms with Gasteiger partial charge in [0.05, 0.1) is 0 Å². The highest BCUT2D eigenvalue weighted by Crippen LogP contribution is 2.22. The van der Waals surface area contributed by atoms with Crippen LogP contribution in [0.4, 0.5) is 0 Å². The minimum absolute atomic E-state index is 1.05. The van der Waals surface area contributed by atoms with Gasteiger partial charge in [-0.3, -0.25) is 0 Å². The Bertz CT molecular complexity index is 446. The molecule has 0 atom stereocenters. The summed E-state index contributed by atoms with van der Waals surface area (Å²) in [7, 11) is 0. The summed E-state index contributed by atoms with van der Waals surface area (Å²) in [6.07, 6.45) is 1.05. The lowest BCUT2D eigenvalue weighted by molar-refractivity contribution is 1.08. The van der Waals surface area contributed by atoms with Crippen LogP contribution in [0.15, 0.2) is 36.4 Å². The molecule has 0 fully saturated rings. The van der Waals surface area contributed by atoms with E-state index in [1.165, 1.54) is 33.4 Å². The Balaban J connectivity index is 2.45. The third kappa shape index (κ3) is 2.41. The fourth-order valence-corrected chi connectivity index (χ4v) is 2.43. The second kappa shape index (κ2) is 4.75. The minimum atomic E-state index is 1.05. The molecule has 0 saturated heterocycles. The summed E-state index contributed by atoms with van der Waals surface area (Å²) in [5, 5.41) is 0. The first-order chi connectivity index (χ1) is 8.09. The maximum absolute atomic E-state index is 2.20. The van der Waals surface area contributed by atoms with Gasteiger partial charge < -0.3 is 0 Å². The van der Waals surface area contributed by atoms with Crippen molar-refractivity contribution >= 4 is 0 Å². The summed E-state index contributed by atoms with van der Waals surface area (Å²) in [5.41, 5.74) is 8.54. The van der Waals surface area contributed by atoms with E-state index in [-0.39, 0.29) is 0 Å². The second-order valence-electron chi connectivity index (χ2n) is 4.92. The molecular weight excluding hydrogens is 204 g/mol. The van der Waals surface area contributed by atoms with E-state index in [0.29, 0.717) is 0 Å². The van der Waals surface area contributed by atoms with Crippen molar-refractivity contribution in [3.63, 3.8) is 0 Å². The number of benzene rings is 2. The third-order valence-electron chi connectivity index (χ3n) is 3.64. The number of hydrogen-bond acceptors (Lipinski definition) is 0. The highest BCUT2D eigenvalue weighted by atomic mass is 14.1. The number of rotatable bonds is 2. The van der Waals surface area contributed by atoms with Crippen molar-refractivity contribution in [2.24, 2.45) is 0 Å². The molecule has 0 radical (unpaired) electrons. The molecule has 0 bridgehead atoms. The van der Waals surface area contributed by atoms with Gasteiger partial charge in [-0.1, -0.05) is 36.4 Å². The van der Waals surface area contributed by atoms with E-state index in [2.05, 4.69) is 64.1 Å². The molecule has 88 valence electrons. The lowest BCUT2D eigenvalue weighted by Crippen LogP contribution is -1.99. The monoisotopic (exact) mass is 224 g/mol. The third-order valence-corrected chi connectivity index (χ3v) is 3.64. The Morgan fingerprint density at radius 1 is 0.588 bits per heavy atom. The van der Waals surface area contributed by atoms with E-state index in [1.807, 2.05) is 0 Å². The van der Waals surface area contributed by atoms with Crippen LogP contribution in [-0.2, 0) is 6.42 Å². The van der Waals surface area contributed by atoms with E-state index >= 15 is 0 Å². The van der Waals surface area contributed by atoms with Crippen molar-refractivity contribution in [3.8, 4) is 0 Å². The lowest BCUT2D eigenvalue weighted by atomic mass is 9.91. The average Bonchev–Trinajstić information content (AvgIpc) is 2.27. The molecule has 0 unspecified atom stereocenters. The maximum Gasteiger partial charge on any atom is -0.00153 e. The zero-order valence-electron chi connectivity index (χ0n) is 11.2. The summed E-state index contributed by atoms with van der Waals surface area (Å²) in [4.78, 5) is 0. The Morgan fingerprint density at radius 3 is 1.18 bits per heavy atom. The summed E-state index contributed by atoms with van der Waals surface area (Å²) in [6, 6.07) is 13.1. The van der Waals surface area contributed by atoms with E-state index in [9.17, 15) is 0 Å². The molecule has 2 rings (SSSR count). The van der Waals surface area contributed by atoms with Crippen LogP contribution in [-0.4, -0.2) is 0 Å². The van der Waals surface area contributed by atoms with Crippen LogP contribution in [0.3, 0.4) is 0 Å². The molecule has 0 N–H and O–H groups in total. The van der Waals surface area contributed by atoms with Crippen LogP contribution in [0.1, 0.15) is 33.4 Å². The highest BCUT2D eigenvalue weighted by Gasteiger charge is 2.07. The van der Waals surface area contributed by atoms with Crippen molar-refractivity contribution in [1.82, 2.24) is 0 Å². The summed E-state index contributed by atoms with van der Waals surface area (Å²) < 4.78 is 0. The molecule has 0 nitrogen and oxygen atoms in total. The van der Waals surface area contributed by atoms with Gasteiger partial charge in [-0.05, 0) is 67.5 Å². The van der Waals surface area contributed by atoms with Crippen LogP contribution in [0.5, 0.6) is 0 Å². The number of aryl methyl sites for hydroxylation is 4. The molecule has 0 aliphatic rings. The Kier molecular flexibility index (Phi) is 3.33. The quantitative estimate of drug-likeness (QED) is 0.704. The molecule has 0 heteroatoms. The molecule has 17 heavy (non-hydrogen) atoms. The topological polar surface area (TPSA) is 0 Å². The van der Waals surface area contributed by atoms with Gasteiger partial charge in [-0.25, -0.2) is 0 Å². The fourth-order valence-electron chi connectivity index (χ4n) is 2.43. The Labute approximate surface area is 104 Å². The van der Waals surface area contributed by atoms with Crippen LogP contribution in [0.25, 0.3) is 0 Å². The van der Waals surface area contributed by atoms with Crippen molar-refractivity contribution in [1.29, 1.82) is 0 Å². The van der Waals surface area contributed by atoms with Crippen LogP contribution in [0, 0.1) is 27.7 Å². The van der Waals surface area contributed by atoms with Crippen molar-refractivity contribution in [2.45, 2.75) is 34.1 Å². The molecule has 0 aliphatic carbocycles. The second-order valence-corrected chi connectivity index (χ2v) is 4.92. The van der Waals surface area contributed by atoms with Crippen molar-refractivity contribution in [2.75, 3.05) is 0 Å². The molecular formula is C17H20. The van der Waals surface area contributed by atoms with Gasteiger partial charge >= 0.3 is 0 Å². The van der Waals surface area contributed by atoms with E-state index in [4.69, 9.17) is 0 Å². The zero-order valence-corrected chi connectivity index (χ0v) is 11.2. The Morgan fingerprint density at radius 2 is 0.882 bits per heavy atom. The molecule has 0 amide bonds. The zero-order chi connectivity index (χ0) is 12.4. The molecule has 0 saturated carbocycles. The number of hydrogen-bond donors (Lipinski definition) is 0. The molecule has 2 aromatic carbocycles. The first kappa shape index (κ1) is 11.9. The van der Waals surface area contributed by atoms with Gasteiger partial charge in [-0.15, -0.1) is 0 Å². The lowest BCUT2D eigenvalue weighted by Gasteiger charge is -2.14. The highest BCUT2D eigenvalue weighted by molar-refractivity contribution is 5.42. The van der Waals surface area contributed by atoms with E-state index in [0.717, 1.165) is 6.42 Å². The summed E-state index contributed by atoms with van der Waals surface area (Å²) in [6.45, 7) is 8.82. The normalized spacial score (nSPS) is 10.6. The standard InChI is InChI=1S/C17H20/c1-12-7-5-8-13(2)16(12)11-17-14(3)9-6-10-15(17)4/h5-10H,11H2,1-4H3.